The van der Waals surface area contributed by atoms with Crippen LogP contribution in [0.3, 0.4) is 0 Å². The van der Waals surface area contributed by atoms with Crippen molar-refractivity contribution < 1.29 is 28.9 Å². The van der Waals surface area contributed by atoms with Crippen LogP contribution >= 0.6 is 14.7 Å². The molecule has 4 N–H and O–H groups in total. The Kier molecular flexibility index (Phi) is 3.10. The number of carbonyl (C=O) groups is 1. The molecule has 10 heavy (non-hydrogen) atoms. The first-order valence-corrected chi connectivity index (χ1v) is 6.34. The zero-order chi connectivity index (χ0) is 8.41. The van der Waals surface area contributed by atoms with Gasteiger partial charge in [-0.2, -0.15) is 0 Å². The average molecular weight is 189 g/mol. The molecule has 0 aliphatic heterocycles. The summed E-state index contributed by atoms with van der Waals surface area (Å²) in [7, 11) is -9.22. The van der Waals surface area contributed by atoms with Gasteiger partial charge in [0.1, 0.15) is 0 Å². The Hall–Kier alpha value is 0.170. The van der Waals surface area contributed by atoms with E-state index in [0.717, 1.165) is 0 Å². The predicted molar refractivity (Wildman–Crippen MR) is 34.3 cm³/mol. The molecule has 0 bridgehead atoms. The van der Waals surface area contributed by atoms with Gasteiger partial charge in [0.15, 0.2) is 12.4 Å². The molecule has 0 fully saturated rings. The molecule has 0 unspecified atom stereocenters. The molecule has 0 spiro atoms. The van der Waals surface area contributed by atoms with Crippen LogP contribution in [-0.2, 0) is 9.36 Å². The number of carbonyl (C=O) groups excluding carboxylic acids is 1. The van der Waals surface area contributed by atoms with E-state index in [2.05, 4.69) is 0 Å². The Morgan fingerprint density at radius 1 is 1.40 bits per heavy atom. The summed E-state index contributed by atoms with van der Waals surface area (Å²) in [6.45, 7) is 0. The Balaban J connectivity index is 4.40. The Morgan fingerprint density at radius 2 is 1.80 bits per heavy atom. The molecule has 0 radical (unpaired) electrons. The highest BCUT2D eigenvalue weighted by atomic mass is 32.1. The zero-order valence-electron chi connectivity index (χ0n) is 4.78. The van der Waals surface area contributed by atoms with Crippen LogP contribution in [0.25, 0.3) is 0 Å². The minimum Gasteiger partial charge on any atom is -0.299 e. The molecule has 0 saturated carbocycles. The monoisotopic (exact) mass is 189 g/mol. The van der Waals surface area contributed by atoms with Crippen molar-refractivity contribution in [1.29, 1.82) is 0 Å². The quantitative estimate of drug-likeness (QED) is 0.338. The van der Waals surface area contributed by atoms with E-state index >= 15 is 0 Å². The number of rotatable bonds is 3. The van der Waals surface area contributed by atoms with E-state index in [9.17, 15) is 9.36 Å². The highest BCUT2D eigenvalue weighted by Crippen LogP contribution is 2.79. The summed E-state index contributed by atoms with van der Waals surface area (Å²) in [5.74, 6) is 0. The van der Waals surface area contributed by atoms with Crippen molar-refractivity contribution in [3.05, 3.63) is 0 Å². The second-order valence-corrected chi connectivity index (χ2v) is 7.82. The minimum absolute atomic E-state index is 0.0624. The third kappa shape index (κ3) is 2.42. The zero-order valence-corrected chi connectivity index (χ0v) is 6.57. The van der Waals surface area contributed by atoms with E-state index in [1.807, 2.05) is 0 Å². The highest BCUT2D eigenvalue weighted by molar-refractivity contribution is 8.32. The summed E-state index contributed by atoms with van der Waals surface area (Å²) in [4.78, 5) is 43.0. The van der Waals surface area contributed by atoms with Gasteiger partial charge in [-0.15, -0.1) is 0 Å². The predicted octanol–water partition coefficient (Wildman–Crippen LogP) is -0.890. The van der Waals surface area contributed by atoms with Gasteiger partial charge in [-0.05, 0) is 0 Å². The second-order valence-electron chi connectivity index (χ2n) is 1.56. The van der Waals surface area contributed by atoms with Crippen LogP contribution in [0.1, 0.15) is 0 Å². The molecule has 0 aromatic heterocycles. The molecule has 0 rings (SSSR count). The van der Waals surface area contributed by atoms with Gasteiger partial charge in [-0.1, -0.05) is 0 Å². The first kappa shape index (κ1) is 10.2. The lowest BCUT2D eigenvalue weighted by Crippen LogP contribution is -1.98. The third-order valence-electron chi connectivity index (χ3n) is 0.737. The molecule has 6 nitrogen and oxygen atoms in total. The molecule has 0 aromatic rings. The van der Waals surface area contributed by atoms with E-state index in [1.54, 1.807) is 0 Å². The Morgan fingerprint density at radius 3 is 1.90 bits per heavy atom. The number of hydrogen-bond acceptors (Lipinski definition) is 4. The first-order chi connectivity index (χ1) is 4.31. The van der Waals surface area contributed by atoms with Crippen LogP contribution < -0.4 is 0 Å². The van der Waals surface area contributed by atoms with Crippen molar-refractivity contribution in [3.8, 4) is 0 Å². The standard InChI is InChI=1S/C2H6O6P2/c3-1-2-9(4,5)10(6,7)8/h1,4-5H,2H2,(H-,6,7,8)/p+1. The van der Waals surface area contributed by atoms with Gasteiger partial charge in [0.05, 0.1) is 0 Å². The van der Waals surface area contributed by atoms with Gasteiger partial charge in [-0.3, -0.25) is 14.6 Å². The number of hydrogen-bond donors (Lipinski definition) is 4. The smallest absolute Gasteiger partial charge is 0.299 e. The minimum atomic E-state index is -4.89. The van der Waals surface area contributed by atoms with Gasteiger partial charge in [0, 0.05) is 0 Å². The van der Waals surface area contributed by atoms with E-state index in [4.69, 9.17) is 19.6 Å². The van der Waals surface area contributed by atoms with Crippen molar-refractivity contribution in [2.45, 2.75) is 0 Å². The van der Waals surface area contributed by atoms with Gasteiger partial charge >= 0.3 is 14.7 Å². The maximum absolute atomic E-state index is 10.1. The lowest BCUT2D eigenvalue weighted by Gasteiger charge is -2.08. The number of aldehydes is 1. The van der Waals surface area contributed by atoms with Crippen molar-refractivity contribution in [3.63, 3.8) is 0 Å². The second kappa shape index (κ2) is 3.05. The molecule has 0 amide bonds. The van der Waals surface area contributed by atoms with Crippen molar-refractivity contribution >= 4 is 21.0 Å². The molecule has 0 heterocycles. The summed E-state index contributed by atoms with van der Waals surface area (Å²) in [5, 5.41) is 0. The summed E-state index contributed by atoms with van der Waals surface area (Å²) in [5.41, 5.74) is 0. The Bertz CT molecular complexity index is 169. The molecule has 60 valence electrons. The summed E-state index contributed by atoms with van der Waals surface area (Å²) in [6, 6.07) is 0. The van der Waals surface area contributed by atoms with Gasteiger partial charge in [0.2, 0.25) is 0 Å². The van der Waals surface area contributed by atoms with E-state index in [1.165, 1.54) is 0 Å². The molecular weight excluding hydrogens is 182 g/mol. The maximum Gasteiger partial charge on any atom is 0.523 e. The summed E-state index contributed by atoms with van der Waals surface area (Å²) in [6.07, 6.45) is -0.829. The van der Waals surface area contributed by atoms with E-state index in [-0.39, 0.29) is 6.29 Å². The lowest BCUT2D eigenvalue weighted by molar-refractivity contribution is -0.105. The van der Waals surface area contributed by atoms with Crippen LogP contribution in [0, 0.1) is 0 Å². The van der Waals surface area contributed by atoms with E-state index in [0.29, 0.717) is 0 Å². The van der Waals surface area contributed by atoms with E-state index < -0.39 is 20.9 Å². The third-order valence-corrected chi connectivity index (χ3v) is 5.20. The fourth-order valence-corrected chi connectivity index (χ4v) is 1.46. The van der Waals surface area contributed by atoms with Crippen molar-refractivity contribution in [2.24, 2.45) is 0 Å². The van der Waals surface area contributed by atoms with Crippen LogP contribution in [0.2, 0.25) is 0 Å². The van der Waals surface area contributed by atoms with Crippen molar-refractivity contribution in [2.75, 3.05) is 6.16 Å². The lowest BCUT2D eigenvalue weighted by atomic mass is 10.9. The SMILES string of the molecule is O=CC[P+](O)(O)P(=O)(O)O. The van der Waals surface area contributed by atoms with Crippen LogP contribution in [0.15, 0.2) is 0 Å². The molecule has 0 aliphatic carbocycles. The molecule has 0 aromatic carbocycles. The van der Waals surface area contributed by atoms with Crippen LogP contribution in [0.5, 0.6) is 0 Å². The molecule has 0 saturated heterocycles. The van der Waals surface area contributed by atoms with Crippen LogP contribution in [0.4, 0.5) is 0 Å². The van der Waals surface area contributed by atoms with Gasteiger partial charge in [-0.25, -0.2) is 14.4 Å². The average Bonchev–Trinajstić information content (AvgIpc) is 1.61. The fourth-order valence-electron chi connectivity index (χ4n) is 0.206. The largest absolute Gasteiger partial charge is 0.523 e. The molecule has 0 aliphatic rings. The van der Waals surface area contributed by atoms with Gasteiger partial charge < -0.3 is 0 Å². The topological polar surface area (TPSA) is 115 Å². The normalized spacial score (nSPS) is 13.2. The van der Waals surface area contributed by atoms with Gasteiger partial charge in [0.25, 0.3) is 0 Å². The summed E-state index contributed by atoms with van der Waals surface area (Å²) < 4.78 is 10.1. The fraction of sp³-hybridized carbons (Fsp3) is 0.500. The van der Waals surface area contributed by atoms with Crippen molar-refractivity contribution in [1.82, 2.24) is 0 Å². The molecule has 8 heteroatoms. The Labute approximate surface area is 57.1 Å². The highest BCUT2D eigenvalue weighted by Gasteiger charge is 2.54. The summed E-state index contributed by atoms with van der Waals surface area (Å²) >= 11 is 0. The van der Waals surface area contributed by atoms with Crippen LogP contribution in [-0.4, -0.2) is 32.0 Å². The maximum atomic E-state index is 10.1. The first-order valence-electron chi connectivity index (χ1n) is 2.14. The molecule has 0 atom stereocenters. The molecular formula is C2H7O6P2+.